The van der Waals surface area contributed by atoms with Crippen molar-refractivity contribution in [1.29, 1.82) is 0 Å². The van der Waals surface area contributed by atoms with Crippen molar-refractivity contribution in [2.24, 2.45) is 0 Å². The minimum atomic E-state index is -0.788. The average molecular weight is 326 g/mol. The fourth-order valence-electron chi connectivity index (χ4n) is 3.68. The lowest BCUT2D eigenvalue weighted by Gasteiger charge is -2.59. The van der Waals surface area contributed by atoms with Crippen LogP contribution in [-0.2, 0) is 14.4 Å². The molecular formula is C18H34N2O3. The number of piperazine rings is 1. The van der Waals surface area contributed by atoms with Gasteiger partial charge in [0.15, 0.2) is 0 Å². The second kappa shape index (κ2) is 6.80. The molecule has 134 valence electrons. The molecule has 0 atom stereocenters. The summed E-state index contributed by atoms with van der Waals surface area (Å²) in [4.78, 5) is 32.8. The Kier molecular flexibility index (Phi) is 5.89. The third-order valence-corrected chi connectivity index (χ3v) is 5.43. The van der Waals surface area contributed by atoms with E-state index in [1.807, 2.05) is 18.7 Å². The maximum atomic E-state index is 13.4. The van der Waals surface area contributed by atoms with Crippen LogP contribution in [0, 0.1) is 0 Å². The molecule has 0 radical (unpaired) electrons. The molecule has 0 aromatic carbocycles. The predicted molar refractivity (Wildman–Crippen MR) is 91.7 cm³/mol. The summed E-state index contributed by atoms with van der Waals surface area (Å²) in [6, 6.07) is 0. The van der Waals surface area contributed by atoms with Gasteiger partial charge < -0.3 is 9.74 Å². The molecule has 0 bridgehead atoms. The van der Waals surface area contributed by atoms with Gasteiger partial charge in [0.25, 0.3) is 0 Å². The van der Waals surface area contributed by atoms with E-state index in [1.54, 1.807) is 5.06 Å². The molecule has 1 heterocycles. The van der Waals surface area contributed by atoms with E-state index >= 15 is 0 Å². The molecule has 0 N–H and O–H groups in total. The maximum Gasteiger partial charge on any atom is 0.322 e. The monoisotopic (exact) mass is 326 g/mol. The molecule has 23 heavy (non-hydrogen) atoms. The zero-order valence-corrected chi connectivity index (χ0v) is 16.2. The van der Waals surface area contributed by atoms with Crippen LogP contribution in [0.1, 0.15) is 81.1 Å². The van der Waals surface area contributed by atoms with Crippen LogP contribution < -0.4 is 0 Å². The van der Waals surface area contributed by atoms with E-state index < -0.39 is 5.54 Å². The Hall–Kier alpha value is -1.10. The number of rotatable bonds is 5. The Labute approximate surface area is 141 Å². The molecule has 0 aliphatic carbocycles. The normalized spacial score (nSPS) is 21.4. The van der Waals surface area contributed by atoms with Crippen LogP contribution in [0.25, 0.3) is 0 Å². The third kappa shape index (κ3) is 3.25. The van der Waals surface area contributed by atoms with E-state index in [1.165, 1.54) is 6.92 Å². The summed E-state index contributed by atoms with van der Waals surface area (Å²) in [6.45, 7) is 16.4. The number of amides is 1. The van der Waals surface area contributed by atoms with Crippen LogP contribution in [0.2, 0.25) is 0 Å². The van der Waals surface area contributed by atoms with Crippen molar-refractivity contribution in [3.8, 4) is 0 Å². The van der Waals surface area contributed by atoms with Gasteiger partial charge >= 0.3 is 5.97 Å². The highest BCUT2D eigenvalue weighted by Gasteiger charge is 2.60. The van der Waals surface area contributed by atoms with Gasteiger partial charge in [0.05, 0.1) is 5.54 Å². The van der Waals surface area contributed by atoms with Crippen molar-refractivity contribution in [3.63, 3.8) is 0 Å². The lowest BCUT2D eigenvalue weighted by molar-refractivity contribution is -0.284. The van der Waals surface area contributed by atoms with Crippen molar-refractivity contribution in [1.82, 2.24) is 9.96 Å². The summed E-state index contributed by atoms with van der Waals surface area (Å²) in [5.74, 6) is -0.298. The van der Waals surface area contributed by atoms with Crippen molar-refractivity contribution in [2.75, 3.05) is 6.54 Å². The number of nitrogens with zero attached hydrogens (tertiary/aromatic N) is 2. The molecule has 0 aromatic heterocycles. The van der Waals surface area contributed by atoms with Gasteiger partial charge in [-0.05, 0) is 46.5 Å². The standard InChI is InChI=1S/C18H34N2O3/c1-9-17(10-2)13-19(16(6,7)8)15(22)18(11-3,12-4)20(17)23-14(5)21/h9-13H2,1-8H3. The number of carbonyl (C=O) groups is 2. The minimum Gasteiger partial charge on any atom is -0.367 e. The second-order valence-corrected chi connectivity index (χ2v) is 7.61. The van der Waals surface area contributed by atoms with Gasteiger partial charge in [-0.25, -0.2) is 0 Å². The van der Waals surface area contributed by atoms with Gasteiger partial charge in [-0.3, -0.25) is 9.59 Å². The molecule has 0 spiro atoms. The smallest absolute Gasteiger partial charge is 0.322 e. The van der Waals surface area contributed by atoms with Crippen LogP contribution in [0.3, 0.4) is 0 Å². The topological polar surface area (TPSA) is 49.9 Å². The molecule has 1 saturated heterocycles. The van der Waals surface area contributed by atoms with E-state index in [0.717, 1.165) is 12.8 Å². The SMILES string of the molecule is CCC1(CC)CN(C(C)(C)C)C(=O)C(CC)(CC)N1OC(C)=O. The lowest BCUT2D eigenvalue weighted by Crippen LogP contribution is -2.76. The summed E-state index contributed by atoms with van der Waals surface area (Å²) in [7, 11) is 0. The first kappa shape index (κ1) is 19.9. The van der Waals surface area contributed by atoms with E-state index in [2.05, 4.69) is 34.6 Å². The Balaban J connectivity index is 3.56. The van der Waals surface area contributed by atoms with Gasteiger partial charge in [0.2, 0.25) is 5.91 Å². The highest BCUT2D eigenvalue weighted by molar-refractivity contribution is 5.88. The largest absolute Gasteiger partial charge is 0.367 e. The van der Waals surface area contributed by atoms with Crippen LogP contribution in [0.4, 0.5) is 0 Å². The number of hydrogen-bond donors (Lipinski definition) is 0. The predicted octanol–water partition coefficient (Wildman–Crippen LogP) is 3.52. The molecule has 1 amide bonds. The fraction of sp³-hybridized carbons (Fsp3) is 0.889. The number of hydrogen-bond acceptors (Lipinski definition) is 4. The van der Waals surface area contributed by atoms with Crippen molar-refractivity contribution < 1.29 is 14.4 Å². The highest BCUT2D eigenvalue weighted by atomic mass is 16.7. The van der Waals surface area contributed by atoms with E-state index in [9.17, 15) is 9.59 Å². The molecular weight excluding hydrogens is 292 g/mol. The van der Waals surface area contributed by atoms with E-state index in [-0.39, 0.29) is 23.0 Å². The average Bonchev–Trinajstić information content (AvgIpc) is 2.47. The van der Waals surface area contributed by atoms with Gasteiger partial charge in [-0.2, -0.15) is 0 Å². The summed E-state index contributed by atoms with van der Waals surface area (Å²) in [5.41, 5.74) is -1.40. The summed E-state index contributed by atoms with van der Waals surface area (Å²) in [5, 5.41) is 1.76. The molecule has 1 aliphatic rings. The van der Waals surface area contributed by atoms with Crippen LogP contribution in [0.5, 0.6) is 0 Å². The Morgan fingerprint density at radius 2 is 1.57 bits per heavy atom. The van der Waals surface area contributed by atoms with Gasteiger partial charge in [0.1, 0.15) is 5.54 Å². The maximum absolute atomic E-state index is 13.4. The van der Waals surface area contributed by atoms with Crippen molar-refractivity contribution >= 4 is 11.9 Å². The first-order valence-electron chi connectivity index (χ1n) is 8.85. The van der Waals surface area contributed by atoms with E-state index in [0.29, 0.717) is 19.4 Å². The van der Waals surface area contributed by atoms with Crippen molar-refractivity contribution in [3.05, 3.63) is 0 Å². The van der Waals surface area contributed by atoms with Crippen LogP contribution in [0.15, 0.2) is 0 Å². The van der Waals surface area contributed by atoms with Gasteiger partial charge in [-0.15, -0.1) is 5.06 Å². The molecule has 0 aromatic rings. The molecule has 5 heteroatoms. The Morgan fingerprint density at radius 1 is 1.09 bits per heavy atom. The van der Waals surface area contributed by atoms with E-state index in [4.69, 9.17) is 4.84 Å². The van der Waals surface area contributed by atoms with Gasteiger partial charge in [0, 0.05) is 19.0 Å². The molecule has 0 saturated carbocycles. The van der Waals surface area contributed by atoms with Crippen LogP contribution in [-0.4, -0.2) is 45.0 Å². The Bertz CT molecular complexity index is 446. The zero-order chi connectivity index (χ0) is 18.1. The first-order valence-corrected chi connectivity index (χ1v) is 8.85. The zero-order valence-electron chi connectivity index (χ0n) is 16.2. The molecule has 1 rings (SSSR count). The number of hydroxylamine groups is 2. The van der Waals surface area contributed by atoms with Crippen LogP contribution >= 0.6 is 0 Å². The van der Waals surface area contributed by atoms with Gasteiger partial charge in [-0.1, -0.05) is 27.7 Å². The molecule has 0 unspecified atom stereocenters. The molecule has 1 aliphatic heterocycles. The summed E-state index contributed by atoms with van der Waals surface area (Å²) >= 11 is 0. The summed E-state index contributed by atoms with van der Waals surface area (Å²) in [6.07, 6.45) is 2.87. The lowest BCUT2D eigenvalue weighted by atomic mass is 9.77. The quantitative estimate of drug-likeness (QED) is 0.775. The number of carbonyl (C=O) groups excluding carboxylic acids is 2. The highest BCUT2D eigenvalue weighted by Crippen LogP contribution is 2.43. The Morgan fingerprint density at radius 3 is 1.87 bits per heavy atom. The fourth-order valence-corrected chi connectivity index (χ4v) is 3.68. The third-order valence-electron chi connectivity index (χ3n) is 5.43. The minimum absolute atomic E-state index is 0.0637. The molecule has 5 nitrogen and oxygen atoms in total. The first-order chi connectivity index (χ1) is 10.5. The second-order valence-electron chi connectivity index (χ2n) is 7.61. The van der Waals surface area contributed by atoms with Crippen molar-refractivity contribution in [2.45, 2.75) is 97.7 Å². The molecule has 1 fully saturated rings. The summed E-state index contributed by atoms with van der Waals surface area (Å²) < 4.78 is 0.